The number of carbonyl (C=O) groups excluding carboxylic acids is 1. The van der Waals surface area contributed by atoms with E-state index in [9.17, 15) is 13.2 Å². The monoisotopic (exact) mass is 295 g/mol. The van der Waals surface area contributed by atoms with E-state index in [-0.39, 0.29) is 23.3 Å². The molecule has 4 nitrogen and oxygen atoms in total. The van der Waals surface area contributed by atoms with Crippen molar-refractivity contribution in [1.29, 1.82) is 0 Å². The van der Waals surface area contributed by atoms with Crippen LogP contribution >= 0.6 is 0 Å². The van der Waals surface area contributed by atoms with Crippen molar-refractivity contribution in [1.82, 2.24) is 4.90 Å². The smallest absolute Gasteiger partial charge is 0.226 e. The Hall–Kier alpha value is -1.36. The van der Waals surface area contributed by atoms with Gasteiger partial charge in [0.2, 0.25) is 5.91 Å². The first-order chi connectivity index (χ1) is 9.28. The molecule has 20 heavy (non-hydrogen) atoms. The fraction of sp³-hybridized carbons (Fsp3) is 0.533. The van der Waals surface area contributed by atoms with E-state index in [0.717, 1.165) is 11.1 Å². The fourth-order valence-corrected chi connectivity index (χ4v) is 4.39. The maximum Gasteiger partial charge on any atom is 0.226 e. The van der Waals surface area contributed by atoms with Gasteiger partial charge in [0, 0.05) is 13.6 Å². The highest BCUT2D eigenvalue weighted by molar-refractivity contribution is 7.91. The van der Waals surface area contributed by atoms with Gasteiger partial charge in [-0.15, -0.1) is 0 Å². The third-order valence-corrected chi connectivity index (χ3v) is 5.63. The highest BCUT2D eigenvalue weighted by Crippen LogP contribution is 2.21. The van der Waals surface area contributed by atoms with Gasteiger partial charge in [0.25, 0.3) is 0 Å². The molecule has 0 saturated carbocycles. The Kier molecular flexibility index (Phi) is 4.18. The zero-order valence-corrected chi connectivity index (χ0v) is 13.0. The molecule has 0 radical (unpaired) electrons. The highest BCUT2D eigenvalue weighted by atomic mass is 32.2. The van der Waals surface area contributed by atoms with E-state index in [1.807, 2.05) is 26.0 Å². The minimum Gasteiger partial charge on any atom is -0.341 e. The number of hydrogen-bond donors (Lipinski definition) is 0. The molecule has 0 bridgehead atoms. The molecule has 1 atom stereocenters. The summed E-state index contributed by atoms with van der Waals surface area (Å²) in [6.07, 6.45) is 0.457. The number of nitrogens with zero attached hydrogens (tertiary/aromatic N) is 1. The summed E-state index contributed by atoms with van der Waals surface area (Å²) in [4.78, 5) is 13.9. The van der Waals surface area contributed by atoms with Gasteiger partial charge in [0.05, 0.1) is 17.4 Å². The number of sulfone groups is 1. The van der Waals surface area contributed by atoms with Gasteiger partial charge < -0.3 is 4.90 Å². The maximum absolute atomic E-state index is 12.3. The molecule has 1 aromatic rings. The largest absolute Gasteiger partial charge is 0.341 e. The molecule has 0 spiro atoms. The lowest BCUT2D eigenvalue weighted by atomic mass is 10.0. The Bertz CT molecular complexity index is 622. The molecule has 1 aliphatic heterocycles. The summed E-state index contributed by atoms with van der Waals surface area (Å²) in [5.74, 6) is -0.286. The van der Waals surface area contributed by atoms with Crippen molar-refractivity contribution in [2.75, 3.05) is 18.6 Å². The summed E-state index contributed by atoms with van der Waals surface area (Å²) >= 11 is 0. The molecule has 1 aliphatic rings. The van der Waals surface area contributed by atoms with Gasteiger partial charge in [0.15, 0.2) is 9.84 Å². The fourth-order valence-electron chi connectivity index (χ4n) is 2.66. The first-order valence-electron chi connectivity index (χ1n) is 6.80. The van der Waals surface area contributed by atoms with Crippen LogP contribution < -0.4 is 0 Å². The van der Waals surface area contributed by atoms with Crippen LogP contribution in [0.15, 0.2) is 18.2 Å². The van der Waals surface area contributed by atoms with E-state index < -0.39 is 9.84 Å². The van der Waals surface area contributed by atoms with Crippen LogP contribution in [0, 0.1) is 19.8 Å². The topological polar surface area (TPSA) is 54.5 Å². The molecular formula is C15H21NO3S. The van der Waals surface area contributed by atoms with E-state index in [4.69, 9.17) is 0 Å². The number of amides is 1. The predicted octanol–water partition coefficient (Wildman–Crippen LogP) is 1.70. The SMILES string of the molecule is Cc1ccc(CN(C)C(=O)[C@H]2CCS(=O)(=O)C2)c(C)c1. The molecule has 0 aliphatic carbocycles. The van der Waals surface area contributed by atoms with E-state index in [1.165, 1.54) is 5.56 Å². The molecule has 110 valence electrons. The lowest BCUT2D eigenvalue weighted by Gasteiger charge is -2.21. The summed E-state index contributed by atoms with van der Waals surface area (Å²) in [7, 11) is -1.27. The zero-order chi connectivity index (χ0) is 14.9. The summed E-state index contributed by atoms with van der Waals surface area (Å²) in [5.41, 5.74) is 3.46. The van der Waals surface area contributed by atoms with Gasteiger partial charge in [-0.05, 0) is 31.4 Å². The van der Waals surface area contributed by atoms with E-state index in [2.05, 4.69) is 6.07 Å². The molecule has 1 saturated heterocycles. The van der Waals surface area contributed by atoms with Crippen LogP contribution in [-0.4, -0.2) is 37.8 Å². The second-order valence-corrected chi connectivity index (χ2v) is 7.95. The maximum atomic E-state index is 12.3. The second kappa shape index (κ2) is 5.56. The third-order valence-electron chi connectivity index (χ3n) is 3.86. The lowest BCUT2D eigenvalue weighted by molar-refractivity contribution is -0.133. The number of carbonyl (C=O) groups is 1. The predicted molar refractivity (Wildman–Crippen MR) is 79.2 cm³/mol. The van der Waals surface area contributed by atoms with E-state index in [1.54, 1.807) is 11.9 Å². The molecule has 0 unspecified atom stereocenters. The Morgan fingerprint density at radius 1 is 1.35 bits per heavy atom. The quantitative estimate of drug-likeness (QED) is 0.853. The molecule has 1 heterocycles. The second-order valence-electron chi connectivity index (χ2n) is 5.72. The van der Waals surface area contributed by atoms with E-state index >= 15 is 0 Å². The number of rotatable bonds is 3. The van der Waals surface area contributed by atoms with Crippen LogP contribution in [-0.2, 0) is 21.2 Å². The minimum atomic E-state index is -3.01. The van der Waals surface area contributed by atoms with Gasteiger partial charge in [-0.3, -0.25) is 4.79 Å². The van der Waals surface area contributed by atoms with Crippen LogP contribution in [0.1, 0.15) is 23.1 Å². The average molecular weight is 295 g/mol. The molecule has 2 rings (SSSR count). The molecule has 1 fully saturated rings. The van der Waals surface area contributed by atoms with Crippen LogP contribution in [0.2, 0.25) is 0 Å². The summed E-state index contributed by atoms with van der Waals surface area (Å²) in [5, 5.41) is 0. The summed E-state index contributed by atoms with van der Waals surface area (Å²) in [6, 6.07) is 6.15. The Balaban J connectivity index is 2.05. The first kappa shape index (κ1) is 15.0. The Labute approximate surface area is 120 Å². The Morgan fingerprint density at radius 2 is 2.05 bits per heavy atom. The highest BCUT2D eigenvalue weighted by Gasteiger charge is 2.34. The van der Waals surface area contributed by atoms with Gasteiger partial charge in [-0.1, -0.05) is 23.8 Å². The van der Waals surface area contributed by atoms with Crippen molar-refractivity contribution in [3.63, 3.8) is 0 Å². The van der Waals surface area contributed by atoms with Crippen molar-refractivity contribution in [3.05, 3.63) is 34.9 Å². The van der Waals surface area contributed by atoms with Crippen LogP contribution in [0.3, 0.4) is 0 Å². The first-order valence-corrected chi connectivity index (χ1v) is 8.62. The van der Waals surface area contributed by atoms with Gasteiger partial charge >= 0.3 is 0 Å². The molecule has 0 aromatic heterocycles. The minimum absolute atomic E-state index is 0.00303. The van der Waals surface area contributed by atoms with Crippen LogP contribution in [0.25, 0.3) is 0 Å². The summed E-state index contributed by atoms with van der Waals surface area (Å²) < 4.78 is 22.9. The molecular weight excluding hydrogens is 274 g/mol. The third kappa shape index (κ3) is 3.39. The van der Waals surface area contributed by atoms with Crippen molar-refractivity contribution in [3.8, 4) is 0 Å². The lowest BCUT2D eigenvalue weighted by Crippen LogP contribution is -2.33. The van der Waals surface area contributed by atoms with Gasteiger partial charge in [-0.25, -0.2) is 8.42 Å². The number of hydrogen-bond acceptors (Lipinski definition) is 3. The van der Waals surface area contributed by atoms with Crippen molar-refractivity contribution < 1.29 is 13.2 Å². The van der Waals surface area contributed by atoms with Gasteiger partial charge in [0.1, 0.15) is 0 Å². The zero-order valence-electron chi connectivity index (χ0n) is 12.2. The van der Waals surface area contributed by atoms with Gasteiger partial charge in [-0.2, -0.15) is 0 Å². The molecule has 5 heteroatoms. The number of aryl methyl sites for hydroxylation is 2. The van der Waals surface area contributed by atoms with Crippen molar-refractivity contribution in [2.24, 2.45) is 5.92 Å². The van der Waals surface area contributed by atoms with Crippen molar-refractivity contribution >= 4 is 15.7 Å². The van der Waals surface area contributed by atoms with Crippen LogP contribution in [0.5, 0.6) is 0 Å². The average Bonchev–Trinajstić information content (AvgIpc) is 2.72. The Morgan fingerprint density at radius 3 is 2.60 bits per heavy atom. The molecule has 1 amide bonds. The molecule has 0 N–H and O–H groups in total. The van der Waals surface area contributed by atoms with E-state index in [0.29, 0.717) is 13.0 Å². The standard InChI is InChI=1S/C15H21NO3S/c1-11-4-5-13(12(2)8-11)9-16(3)15(17)14-6-7-20(18,19)10-14/h4-5,8,14H,6-7,9-10H2,1-3H3/t14-/m0/s1. The summed E-state index contributed by atoms with van der Waals surface area (Å²) in [6.45, 7) is 4.59. The number of benzene rings is 1. The normalized spacial score (nSPS) is 20.9. The molecule has 1 aromatic carbocycles. The van der Waals surface area contributed by atoms with Crippen molar-refractivity contribution in [2.45, 2.75) is 26.8 Å². The van der Waals surface area contributed by atoms with Crippen LogP contribution in [0.4, 0.5) is 0 Å².